The van der Waals surface area contributed by atoms with Crippen LogP contribution in [0, 0.1) is 13.8 Å². The Morgan fingerprint density at radius 2 is 1.92 bits per heavy atom. The van der Waals surface area contributed by atoms with Crippen molar-refractivity contribution in [3.63, 3.8) is 0 Å². The molecule has 0 bridgehead atoms. The maximum absolute atomic E-state index is 12.7. The van der Waals surface area contributed by atoms with E-state index >= 15 is 0 Å². The predicted molar refractivity (Wildman–Crippen MR) is 95.4 cm³/mol. The second kappa shape index (κ2) is 6.61. The second-order valence-corrected chi connectivity index (χ2v) is 7.81. The highest BCUT2D eigenvalue weighted by Gasteiger charge is 2.25. The zero-order valence-electron chi connectivity index (χ0n) is 15.9. The van der Waals surface area contributed by atoms with Gasteiger partial charge in [-0.2, -0.15) is 5.10 Å². The topological polar surface area (TPSA) is 77.6 Å². The van der Waals surface area contributed by atoms with Crippen molar-refractivity contribution in [1.29, 1.82) is 0 Å². The summed E-state index contributed by atoms with van der Waals surface area (Å²) in [5.74, 6) is 1.77. The minimum Gasteiger partial charge on any atom is -0.345 e. The number of aromatic nitrogens is 5. The van der Waals surface area contributed by atoms with Crippen LogP contribution in [0.25, 0.3) is 0 Å². The molecule has 0 aliphatic carbocycles. The van der Waals surface area contributed by atoms with Crippen molar-refractivity contribution in [2.75, 3.05) is 0 Å². The summed E-state index contributed by atoms with van der Waals surface area (Å²) in [7, 11) is 0. The van der Waals surface area contributed by atoms with Gasteiger partial charge < -0.3 is 9.88 Å². The first-order valence-electron chi connectivity index (χ1n) is 9.05. The van der Waals surface area contributed by atoms with Crippen LogP contribution < -0.4 is 5.32 Å². The van der Waals surface area contributed by atoms with Crippen LogP contribution in [-0.4, -0.2) is 30.5 Å². The Bertz CT molecular complexity index is 780. The van der Waals surface area contributed by atoms with Gasteiger partial charge in [-0.15, -0.1) is 10.2 Å². The highest BCUT2D eigenvalue weighted by molar-refractivity contribution is 5.96. The number of aryl methyl sites for hydroxylation is 2. The highest BCUT2D eigenvalue weighted by atomic mass is 16.1. The van der Waals surface area contributed by atoms with E-state index in [0.717, 1.165) is 48.8 Å². The molecule has 0 fully saturated rings. The van der Waals surface area contributed by atoms with Gasteiger partial charge in [0.1, 0.15) is 5.82 Å². The lowest BCUT2D eigenvalue weighted by Gasteiger charge is -2.21. The Balaban J connectivity index is 1.76. The van der Waals surface area contributed by atoms with Crippen LogP contribution in [0.5, 0.6) is 0 Å². The first-order valence-corrected chi connectivity index (χ1v) is 9.05. The van der Waals surface area contributed by atoms with Gasteiger partial charge in [0, 0.05) is 18.7 Å². The van der Waals surface area contributed by atoms with Crippen LogP contribution in [0.1, 0.15) is 73.4 Å². The zero-order chi connectivity index (χ0) is 18.2. The van der Waals surface area contributed by atoms with E-state index in [2.05, 4.69) is 46.0 Å². The number of hydrogen-bond acceptors (Lipinski definition) is 4. The Morgan fingerprint density at radius 3 is 2.60 bits per heavy atom. The molecule has 136 valence electrons. The number of carbonyl (C=O) groups excluding carboxylic acids is 1. The average molecular weight is 344 g/mol. The normalized spacial score (nSPS) is 14.9. The monoisotopic (exact) mass is 344 g/mol. The summed E-state index contributed by atoms with van der Waals surface area (Å²) >= 11 is 0. The Labute approximate surface area is 148 Å². The summed E-state index contributed by atoms with van der Waals surface area (Å²) in [6.07, 6.45) is 4.49. The number of carbonyl (C=O) groups is 1. The largest absolute Gasteiger partial charge is 0.345 e. The van der Waals surface area contributed by atoms with Gasteiger partial charge in [-0.25, -0.2) is 0 Å². The van der Waals surface area contributed by atoms with Crippen molar-refractivity contribution >= 4 is 5.91 Å². The summed E-state index contributed by atoms with van der Waals surface area (Å²) < 4.78 is 4.08. The molecule has 1 N–H and O–H groups in total. The molecule has 2 aromatic rings. The SMILES string of the molecule is Cc1nn(C(C)(C)C)c(C)c1C(=O)NCc1nnc2n1CCCCC2. The number of fused-ring (bicyclic) bond motifs is 1. The molecule has 0 aromatic carbocycles. The van der Waals surface area contributed by atoms with Gasteiger partial charge in [-0.05, 0) is 47.5 Å². The van der Waals surface area contributed by atoms with Gasteiger partial charge in [0.15, 0.2) is 5.82 Å². The van der Waals surface area contributed by atoms with Crippen LogP contribution in [-0.2, 0) is 25.0 Å². The van der Waals surface area contributed by atoms with E-state index in [9.17, 15) is 4.79 Å². The third-order valence-corrected chi connectivity index (χ3v) is 4.75. The van der Waals surface area contributed by atoms with Gasteiger partial charge in [0.25, 0.3) is 5.91 Å². The molecule has 0 spiro atoms. The fraction of sp³-hybridized carbons (Fsp3) is 0.667. The molecule has 0 unspecified atom stereocenters. The molecule has 0 saturated carbocycles. The van der Waals surface area contributed by atoms with E-state index in [1.807, 2.05) is 18.5 Å². The molecule has 1 amide bonds. The summed E-state index contributed by atoms with van der Waals surface area (Å²) in [5.41, 5.74) is 2.15. The smallest absolute Gasteiger partial charge is 0.255 e. The fourth-order valence-corrected chi connectivity index (χ4v) is 3.55. The molecular formula is C18H28N6O. The Morgan fingerprint density at radius 1 is 1.16 bits per heavy atom. The van der Waals surface area contributed by atoms with Crippen LogP contribution >= 0.6 is 0 Å². The van der Waals surface area contributed by atoms with E-state index in [-0.39, 0.29) is 11.4 Å². The van der Waals surface area contributed by atoms with E-state index in [1.165, 1.54) is 6.42 Å². The van der Waals surface area contributed by atoms with Crippen molar-refractivity contribution in [3.05, 3.63) is 28.6 Å². The number of hydrogen-bond donors (Lipinski definition) is 1. The molecule has 3 rings (SSSR count). The number of nitrogens with zero attached hydrogens (tertiary/aromatic N) is 5. The molecule has 3 heterocycles. The molecule has 25 heavy (non-hydrogen) atoms. The minimum atomic E-state index is -0.155. The summed E-state index contributed by atoms with van der Waals surface area (Å²) in [6.45, 7) is 11.4. The van der Waals surface area contributed by atoms with Gasteiger partial charge in [-0.3, -0.25) is 9.48 Å². The average Bonchev–Trinajstić information content (AvgIpc) is 2.95. The molecule has 2 aromatic heterocycles. The summed E-state index contributed by atoms with van der Waals surface area (Å²) in [4.78, 5) is 12.7. The number of amides is 1. The van der Waals surface area contributed by atoms with Gasteiger partial charge >= 0.3 is 0 Å². The van der Waals surface area contributed by atoms with Gasteiger partial charge in [-0.1, -0.05) is 6.42 Å². The molecule has 0 radical (unpaired) electrons. The van der Waals surface area contributed by atoms with Gasteiger partial charge in [0.05, 0.1) is 23.3 Å². The van der Waals surface area contributed by atoms with Crippen LogP contribution in [0.4, 0.5) is 0 Å². The molecular weight excluding hydrogens is 316 g/mol. The van der Waals surface area contributed by atoms with Gasteiger partial charge in [0.2, 0.25) is 0 Å². The van der Waals surface area contributed by atoms with Crippen molar-refractivity contribution in [3.8, 4) is 0 Å². The first kappa shape index (κ1) is 17.6. The van der Waals surface area contributed by atoms with Crippen LogP contribution in [0.3, 0.4) is 0 Å². The first-order chi connectivity index (χ1) is 11.8. The third kappa shape index (κ3) is 3.45. The fourth-order valence-electron chi connectivity index (χ4n) is 3.55. The Kier molecular flexibility index (Phi) is 4.67. The van der Waals surface area contributed by atoms with E-state index in [4.69, 9.17) is 0 Å². The zero-order valence-corrected chi connectivity index (χ0v) is 15.9. The van der Waals surface area contributed by atoms with Crippen molar-refractivity contribution < 1.29 is 4.79 Å². The highest BCUT2D eigenvalue weighted by Crippen LogP contribution is 2.21. The standard InChI is InChI=1S/C18H28N6O/c1-12-16(13(2)24(22-12)18(3,4)5)17(25)19-11-15-21-20-14-9-7-6-8-10-23(14)15/h6-11H2,1-5H3,(H,19,25). The number of nitrogens with one attached hydrogen (secondary N) is 1. The Hall–Kier alpha value is -2.18. The molecule has 7 heteroatoms. The lowest BCUT2D eigenvalue weighted by atomic mass is 10.1. The van der Waals surface area contributed by atoms with Crippen molar-refractivity contribution in [2.24, 2.45) is 0 Å². The lowest BCUT2D eigenvalue weighted by Crippen LogP contribution is -2.27. The predicted octanol–water partition coefficient (Wildman–Crippen LogP) is 2.50. The van der Waals surface area contributed by atoms with E-state index in [1.54, 1.807) is 0 Å². The van der Waals surface area contributed by atoms with Crippen LogP contribution in [0.2, 0.25) is 0 Å². The molecule has 0 saturated heterocycles. The second-order valence-electron chi connectivity index (χ2n) is 7.81. The summed E-state index contributed by atoms with van der Waals surface area (Å²) in [5, 5.41) is 16.1. The minimum absolute atomic E-state index is 0.100. The molecule has 0 atom stereocenters. The molecule has 1 aliphatic rings. The third-order valence-electron chi connectivity index (χ3n) is 4.75. The molecule has 7 nitrogen and oxygen atoms in total. The maximum atomic E-state index is 12.7. The quantitative estimate of drug-likeness (QED) is 0.928. The van der Waals surface area contributed by atoms with Crippen molar-refractivity contribution in [2.45, 2.75) is 78.9 Å². The van der Waals surface area contributed by atoms with Crippen LogP contribution in [0.15, 0.2) is 0 Å². The summed E-state index contributed by atoms with van der Waals surface area (Å²) in [6, 6.07) is 0. The van der Waals surface area contributed by atoms with Crippen molar-refractivity contribution in [1.82, 2.24) is 29.9 Å². The van der Waals surface area contributed by atoms with E-state index in [0.29, 0.717) is 12.1 Å². The molecule has 1 aliphatic heterocycles. The lowest BCUT2D eigenvalue weighted by molar-refractivity contribution is 0.0948. The van der Waals surface area contributed by atoms with E-state index < -0.39 is 0 Å². The maximum Gasteiger partial charge on any atom is 0.255 e. The number of rotatable bonds is 3.